The van der Waals surface area contributed by atoms with E-state index in [1.54, 1.807) is 29.8 Å². The molecule has 8 heteroatoms. The maximum Gasteiger partial charge on any atom is 0.345 e. The van der Waals surface area contributed by atoms with E-state index in [9.17, 15) is 14.0 Å². The van der Waals surface area contributed by atoms with E-state index in [4.69, 9.17) is 0 Å². The Balaban J connectivity index is 1.44. The fourth-order valence-electron chi connectivity index (χ4n) is 4.24. The predicted molar refractivity (Wildman–Crippen MR) is 119 cm³/mol. The van der Waals surface area contributed by atoms with Crippen LogP contribution in [-0.4, -0.2) is 31.3 Å². The van der Waals surface area contributed by atoms with Crippen LogP contribution in [0.5, 0.6) is 0 Å². The minimum absolute atomic E-state index is 0.0740. The molecule has 1 aliphatic rings. The third-order valence-corrected chi connectivity index (χ3v) is 5.94. The van der Waals surface area contributed by atoms with E-state index < -0.39 is 0 Å². The van der Waals surface area contributed by atoms with Crippen molar-refractivity contribution in [2.75, 3.05) is 0 Å². The van der Waals surface area contributed by atoms with Crippen molar-refractivity contribution < 1.29 is 9.18 Å². The fraction of sp³-hybridized carbons (Fsp3) is 0.250. The van der Waals surface area contributed by atoms with Gasteiger partial charge in [-0.2, -0.15) is 5.10 Å². The van der Waals surface area contributed by atoms with Crippen molar-refractivity contribution in [2.45, 2.75) is 31.8 Å². The largest absolute Gasteiger partial charge is 0.349 e. The normalized spacial score (nSPS) is 15.9. The molecule has 0 saturated heterocycles. The van der Waals surface area contributed by atoms with Gasteiger partial charge in [0, 0.05) is 37.0 Å². The van der Waals surface area contributed by atoms with Crippen LogP contribution in [0.3, 0.4) is 0 Å². The number of hydrogen-bond acceptors (Lipinski definition) is 4. The predicted octanol–water partition coefficient (Wildman–Crippen LogP) is 3.07. The molecule has 162 valence electrons. The first-order valence-electron chi connectivity index (χ1n) is 10.6. The Hall–Kier alpha value is -3.81. The molecule has 4 aromatic rings. The van der Waals surface area contributed by atoms with E-state index >= 15 is 0 Å². The SMILES string of the molecule is Cn1nc2n(c1=O)CCC(NC(=O)c1cc(-c3ccc(F)cc3)nc3ccccc13)CC2. The topological polar surface area (TPSA) is 81.8 Å². The third-order valence-electron chi connectivity index (χ3n) is 5.94. The van der Waals surface area contributed by atoms with Crippen molar-refractivity contribution in [3.05, 3.63) is 82.3 Å². The van der Waals surface area contributed by atoms with Crippen LogP contribution in [0.25, 0.3) is 22.2 Å². The maximum absolute atomic E-state index is 13.4. The highest BCUT2D eigenvalue weighted by atomic mass is 19.1. The van der Waals surface area contributed by atoms with Gasteiger partial charge in [-0.05, 0) is 49.2 Å². The molecule has 1 atom stereocenters. The van der Waals surface area contributed by atoms with E-state index in [2.05, 4.69) is 15.4 Å². The van der Waals surface area contributed by atoms with Gasteiger partial charge in [0.2, 0.25) is 0 Å². The first-order chi connectivity index (χ1) is 15.5. The van der Waals surface area contributed by atoms with E-state index in [0.29, 0.717) is 42.6 Å². The molecule has 1 N–H and O–H groups in total. The average molecular weight is 431 g/mol. The highest BCUT2D eigenvalue weighted by Gasteiger charge is 2.23. The summed E-state index contributed by atoms with van der Waals surface area (Å²) < 4.78 is 16.4. The van der Waals surface area contributed by atoms with Crippen molar-refractivity contribution in [1.29, 1.82) is 0 Å². The Labute approximate surface area is 183 Å². The van der Waals surface area contributed by atoms with Crippen molar-refractivity contribution in [3.63, 3.8) is 0 Å². The van der Waals surface area contributed by atoms with Gasteiger partial charge in [-0.1, -0.05) is 18.2 Å². The zero-order chi connectivity index (χ0) is 22.2. The summed E-state index contributed by atoms with van der Waals surface area (Å²) in [5.74, 6) is 0.238. The second kappa shape index (κ2) is 8.03. The number of carbonyl (C=O) groups is 1. The lowest BCUT2D eigenvalue weighted by Crippen LogP contribution is -2.36. The van der Waals surface area contributed by atoms with Gasteiger partial charge in [-0.15, -0.1) is 0 Å². The number of aromatic nitrogens is 4. The van der Waals surface area contributed by atoms with Crippen molar-refractivity contribution in [3.8, 4) is 11.3 Å². The zero-order valence-corrected chi connectivity index (χ0v) is 17.6. The lowest BCUT2D eigenvalue weighted by atomic mass is 10.0. The zero-order valence-electron chi connectivity index (χ0n) is 17.6. The number of carbonyl (C=O) groups excluding carboxylic acids is 1. The Bertz CT molecular complexity index is 1370. The smallest absolute Gasteiger partial charge is 0.345 e. The maximum atomic E-state index is 13.4. The lowest BCUT2D eigenvalue weighted by Gasteiger charge is -2.17. The van der Waals surface area contributed by atoms with E-state index in [1.165, 1.54) is 16.8 Å². The number of para-hydroxylation sites is 1. The Kier molecular flexibility index (Phi) is 5.05. The summed E-state index contributed by atoms with van der Waals surface area (Å²) in [6.45, 7) is 0.519. The Morgan fingerprint density at radius 2 is 1.91 bits per heavy atom. The molecule has 0 spiro atoms. The van der Waals surface area contributed by atoms with Crippen LogP contribution < -0.4 is 11.0 Å². The molecule has 0 radical (unpaired) electrons. The third kappa shape index (κ3) is 3.68. The van der Waals surface area contributed by atoms with Crippen molar-refractivity contribution >= 4 is 16.8 Å². The first kappa shape index (κ1) is 20.1. The van der Waals surface area contributed by atoms with Crippen LogP contribution in [0.1, 0.15) is 29.0 Å². The molecule has 2 aromatic heterocycles. The molecule has 0 aliphatic carbocycles. The summed E-state index contributed by atoms with van der Waals surface area (Å²) in [5.41, 5.74) is 2.44. The molecule has 1 amide bonds. The minimum atomic E-state index is -0.323. The Morgan fingerprint density at radius 3 is 2.72 bits per heavy atom. The fourth-order valence-corrected chi connectivity index (χ4v) is 4.24. The van der Waals surface area contributed by atoms with Crippen molar-refractivity contribution in [1.82, 2.24) is 24.6 Å². The van der Waals surface area contributed by atoms with Crippen molar-refractivity contribution in [2.24, 2.45) is 7.05 Å². The molecule has 32 heavy (non-hydrogen) atoms. The van der Waals surface area contributed by atoms with Crippen LogP contribution in [0.4, 0.5) is 4.39 Å². The van der Waals surface area contributed by atoms with Gasteiger partial charge in [-0.25, -0.2) is 18.9 Å². The number of benzene rings is 2. The molecule has 3 heterocycles. The molecule has 0 bridgehead atoms. The lowest BCUT2D eigenvalue weighted by molar-refractivity contribution is 0.0934. The summed E-state index contributed by atoms with van der Waals surface area (Å²) in [5, 5.41) is 8.19. The number of nitrogens with zero attached hydrogens (tertiary/aromatic N) is 4. The highest BCUT2D eigenvalue weighted by molar-refractivity contribution is 6.07. The van der Waals surface area contributed by atoms with Gasteiger partial charge in [0.05, 0.1) is 16.8 Å². The van der Waals surface area contributed by atoms with Crippen LogP contribution in [-0.2, 0) is 20.0 Å². The van der Waals surface area contributed by atoms with Gasteiger partial charge in [0.25, 0.3) is 5.91 Å². The highest BCUT2D eigenvalue weighted by Crippen LogP contribution is 2.25. The number of pyridine rings is 1. The number of fused-ring (bicyclic) bond motifs is 2. The van der Waals surface area contributed by atoms with Crippen LogP contribution >= 0.6 is 0 Å². The molecule has 5 rings (SSSR count). The molecular formula is C24H22FN5O2. The molecule has 1 aliphatic heterocycles. The molecule has 0 saturated carbocycles. The van der Waals surface area contributed by atoms with E-state index in [0.717, 1.165) is 16.8 Å². The number of aryl methyl sites for hydroxylation is 2. The van der Waals surface area contributed by atoms with Gasteiger partial charge in [0.15, 0.2) is 0 Å². The average Bonchev–Trinajstić information content (AvgIpc) is 2.95. The second-order valence-corrected chi connectivity index (χ2v) is 8.05. The monoisotopic (exact) mass is 431 g/mol. The summed E-state index contributed by atoms with van der Waals surface area (Å²) in [6, 6.07) is 15.2. The molecular weight excluding hydrogens is 409 g/mol. The summed E-state index contributed by atoms with van der Waals surface area (Å²) in [7, 11) is 1.65. The van der Waals surface area contributed by atoms with Crippen LogP contribution in [0.15, 0.2) is 59.4 Å². The summed E-state index contributed by atoms with van der Waals surface area (Å²) in [6.07, 6.45) is 1.98. The number of halogens is 1. The number of rotatable bonds is 3. The van der Waals surface area contributed by atoms with E-state index in [-0.39, 0.29) is 23.5 Å². The number of amides is 1. The van der Waals surface area contributed by atoms with Crippen LogP contribution in [0, 0.1) is 5.82 Å². The molecule has 1 unspecified atom stereocenters. The van der Waals surface area contributed by atoms with Gasteiger partial charge >= 0.3 is 5.69 Å². The van der Waals surface area contributed by atoms with Gasteiger partial charge in [-0.3, -0.25) is 9.36 Å². The van der Waals surface area contributed by atoms with Gasteiger partial charge < -0.3 is 5.32 Å². The number of nitrogens with one attached hydrogen (secondary N) is 1. The first-order valence-corrected chi connectivity index (χ1v) is 10.6. The minimum Gasteiger partial charge on any atom is -0.349 e. The Morgan fingerprint density at radius 1 is 1.12 bits per heavy atom. The van der Waals surface area contributed by atoms with E-state index in [1.807, 2.05) is 24.3 Å². The molecule has 2 aromatic carbocycles. The van der Waals surface area contributed by atoms with Crippen LogP contribution in [0.2, 0.25) is 0 Å². The number of hydrogen-bond donors (Lipinski definition) is 1. The van der Waals surface area contributed by atoms with Gasteiger partial charge in [0.1, 0.15) is 11.6 Å². The molecule has 0 fully saturated rings. The second-order valence-electron chi connectivity index (χ2n) is 8.05. The summed E-state index contributed by atoms with van der Waals surface area (Å²) >= 11 is 0. The summed E-state index contributed by atoms with van der Waals surface area (Å²) in [4.78, 5) is 30.2. The molecule has 7 nitrogen and oxygen atoms in total. The standard InChI is InChI=1S/C24H22FN5O2/c1-29-24(32)30-13-12-17(10-11-22(30)28-29)26-23(31)19-14-21(15-6-8-16(25)9-7-15)27-20-5-3-2-4-18(19)20/h2-9,14,17H,10-13H2,1H3,(H,26,31). The quantitative estimate of drug-likeness (QED) is 0.541.